The number of benzene rings is 8. The van der Waals surface area contributed by atoms with E-state index in [9.17, 15) is 5.26 Å². The van der Waals surface area contributed by atoms with Gasteiger partial charge < -0.3 is 9.13 Å². The molecule has 0 N–H and O–H groups in total. The van der Waals surface area contributed by atoms with E-state index in [1.807, 2.05) is 78.9 Å². The third-order valence-electron chi connectivity index (χ3n) is 11.0. The maximum atomic E-state index is 10.1. The van der Waals surface area contributed by atoms with E-state index in [4.69, 9.17) is 15.0 Å². The zero-order chi connectivity index (χ0) is 38.6. The van der Waals surface area contributed by atoms with Crippen molar-refractivity contribution in [2.75, 3.05) is 0 Å². The average molecular weight is 741 g/mol. The fourth-order valence-corrected chi connectivity index (χ4v) is 8.34. The summed E-state index contributed by atoms with van der Waals surface area (Å²) in [5, 5.41) is 14.8. The van der Waals surface area contributed by atoms with Crippen LogP contribution < -0.4 is 0 Å². The molecule has 270 valence electrons. The monoisotopic (exact) mass is 740 g/mol. The first-order chi connectivity index (χ1) is 28.7. The van der Waals surface area contributed by atoms with E-state index in [0.29, 0.717) is 23.0 Å². The summed E-state index contributed by atoms with van der Waals surface area (Å²) in [6.45, 7) is 0. The first kappa shape index (κ1) is 33.2. The quantitative estimate of drug-likeness (QED) is 0.170. The first-order valence-electron chi connectivity index (χ1n) is 19.3. The molecule has 11 rings (SSSR count). The fourth-order valence-electron chi connectivity index (χ4n) is 8.34. The predicted octanol–water partition coefficient (Wildman–Crippen LogP) is 12.6. The minimum absolute atomic E-state index is 0.563. The lowest BCUT2D eigenvalue weighted by atomic mass is 9.98. The zero-order valence-electron chi connectivity index (χ0n) is 31.2. The van der Waals surface area contributed by atoms with Gasteiger partial charge in [-0.15, -0.1) is 0 Å². The van der Waals surface area contributed by atoms with E-state index in [0.717, 1.165) is 72.0 Å². The molecule has 0 saturated heterocycles. The van der Waals surface area contributed by atoms with Gasteiger partial charge in [0.1, 0.15) is 0 Å². The molecule has 58 heavy (non-hydrogen) atoms. The third-order valence-corrected chi connectivity index (χ3v) is 11.0. The summed E-state index contributed by atoms with van der Waals surface area (Å²) in [7, 11) is 0. The fraction of sp³-hybridized carbons (Fsp3) is 0. The number of para-hydroxylation sites is 3. The van der Waals surface area contributed by atoms with Gasteiger partial charge in [0.2, 0.25) is 0 Å². The Hall–Kier alpha value is -8.14. The summed E-state index contributed by atoms with van der Waals surface area (Å²) in [4.78, 5) is 15.1. The molecular weight excluding hydrogens is 709 g/mol. The smallest absolute Gasteiger partial charge is 0.164 e. The van der Waals surface area contributed by atoms with Crippen LogP contribution >= 0.6 is 0 Å². The van der Waals surface area contributed by atoms with E-state index in [-0.39, 0.29) is 0 Å². The highest BCUT2D eigenvalue weighted by Crippen LogP contribution is 2.42. The molecule has 11 aromatic rings. The molecule has 0 amide bonds. The van der Waals surface area contributed by atoms with Crippen LogP contribution in [0.4, 0.5) is 0 Å². The summed E-state index contributed by atoms with van der Waals surface area (Å²) in [5.74, 6) is 1.76. The SMILES string of the molecule is N#Cc1cccc(-c2cc(-c3nc(-c4ccccc4)nc(-c4ccccc4)n3)ccc2-n2c3ccccc3c3cc4c5ccccc5n(-c5ccccc5)c4cc32)c1. The van der Waals surface area contributed by atoms with E-state index >= 15 is 0 Å². The Kier molecular flexibility index (Phi) is 7.76. The second kappa shape index (κ2) is 13.6. The van der Waals surface area contributed by atoms with Crippen LogP contribution in [-0.2, 0) is 0 Å². The van der Waals surface area contributed by atoms with Crippen molar-refractivity contribution in [1.82, 2.24) is 24.1 Å². The highest BCUT2D eigenvalue weighted by molar-refractivity contribution is 6.19. The summed E-state index contributed by atoms with van der Waals surface area (Å²) in [6, 6.07) is 69.2. The number of fused-ring (bicyclic) bond motifs is 6. The lowest BCUT2D eigenvalue weighted by Gasteiger charge is -2.17. The second-order valence-electron chi connectivity index (χ2n) is 14.4. The molecular formula is C52H32N6. The molecule has 0 unspecified atom stereocenters. The van der Waals surface area contributed by atoms with Gasteiger partial charge in [0.05, 0.1) is 39.4 Å². The Morgan fingerprint density at radius 1 is 0.362 bits per heavy atom. The van der Waals surface area contributed by atoms with Crippen LogP contribution in [0, 0.1) is 11.3 Å². The number of hydrogen-bond acceptors (Lipinski definition) is 4. The zero-order valence-corrected chi connectivity index (χ0v) is 31.2. The summed E-state index contributed by atoms with van der Waals surface area (Å²) >= 11 is 0. The molecule has 0 aliphatic rings. The van der Waals surface area contributed by atoms with Crippen LogP contribution in [0.2, 0.25) is 0 Å². The molecule has 0 atom stereocenters. The molecule has 6 heteroatoms. The van der Waals surface area contributed by atoms with Crippen molar-refractivity contribution in [3.63, 3.8) is 0 Å². The lowest BCUT2D eigenvalue weighted by molar-refractivity contribution is 1.07. The maximum Gasteiger partial charge on any atom is 0.164 e. The van der Waals surface area contributed by atoms with Crippen molar-refractivity contribution in [3.05, 3.63) is 200 Å². The van der Waals surface area contributed by atoms with Crippen molar-refractivity contribution in [3.8, 4) is 62.7 Å². The number of nitriles is 1. The Balaban J connectivity index is 1.20. The molecule has 0 spiro atoms. The highest BCUT2D eigenvalue weighted by Gasteiger charge is 2.21. The average Bonchev–Trinajstić information content (AvgIpc) is 3.80. The standard InChI is InChI=1S/C52H32N6/c53-33-34-15-14-20-37(29-34)42-30-38(52-55-50(35-16-4-1-5-17-35)54-51(56-52)36-18-6-2-7-19-36)27-28-47(42)58-46-26-13-11-24-41(46)44-31-43-40-23-10-12-25-45(40)57(48(43)32-49(44)58)39-21-8-3-9-22-39/h1-32H. The van der Waals surface area contributed by atoms with Crippen LogP contribution in [0.5, 0.6) is 0 Å². The van der Waals surface area contributed by atoms with Gasteiger partial charge in [-0.25, -0.2) is 15.0 Å². The van der Waals surface area contributed by atoms with Gasteiger partial charge in [-0.05, 0) is 72.3 Å². The summed E-state index contributed by atoms with van der Waals surface area (Å²) in [5.41, 5.74) is 11.6. The molecule has 0 aliphatic carbocycles. The molecule has 0 fully saturated rings. The van der Waals surface area contributed by atoms with Crippen LogP contribution in [0.25, 0.3) is 100 Å². The van der Waals surface area contributed by atoms with Crippen LogP contribution in [0.3, 0.4) is 0 Å². The van der Waals surface area contributed by atoms with Gasteiger partial charge in [0.25, 0.3) is 0 Å². The third kappa shape index (κ3) is 5.45. The molecule has 0 bridgehead atoms. The highest BCUT2D eigenvalue weighted by atomic mass is 15.0. The van der Waals surface area contributed by atoms with E-state index < -0.39 is 0 Å². The summed E-state index contributed by atoms with van der Waals surface area (Å²) in [6.07, 6.45) is 0. The van der Waals surface area contributed by atoms with Crippen LogP contribution in [0.15, 0.2) is 194 Å². The van der Waals surface area contributed by atoms with Gasteiger partial charge in [-0.2, -0.15) is 5.26 Å². The molecule has 6 nitrogen and oxygen atoms in total. The number of hydrogen-bond donors (Lipinski definition) is 0. The lowest BCUT2D eigenvalue weighted by Crippen LogP contribution is -2.02. The normalized spacial score (nSPS) is 11.4. The Bertz CT molecular complexity index is 3340. The molecule has 0 radical (unpaired) electrons. The minimum Gasteiger partial charge on any atom is -0.309 e. The molecule has 8 aromatic carbocycles. The van der Waals surface area contributed by atoms with Gasteiger partial charge in [0, 0.05) is 49.5 Å². The van der Waals surface area contributed by atoms with Gasteiger partial charge >= 0.3 is 0 Å². The van der Waals surface area contributed by atoms with Crippen molar-refractivity contribution in [2.24, 2.45) is 0 Å². The molecule has 3 heterocycles. The largest absolute Gasteiger partial charge is 0.309 e. The van der Waals surface area contributed by atoms with Gasteiger partial charge in [-0.1, -0.05) is 127 Å². The van der Waals surface area contributed by atoms with E-state index in [1.54, 1.807) is 0 Å². The number of rotatable bonds is 6. The number of aromatic nitrogens is 5. The maximum absolute atomic E-state index is 10.1. The van der Waals surface area contributed by atoms with Crippen molar-refractivity contribution in [2.45, 2.75) is 0 Å². The first-order valence-corrected chi connectivity index (χ1v) is 19.3. The van der Waals surface area contributed by atoms with Crippen molar-refractivity contribution in [1.29, 1.82) is 5.26 Å². The van der Waals surface area contributed by atoms with Crippen molar-refractivity contribution < 1.29 is 0 Å². The van der Waals surface area contributed by atoms with Crippen LogP contribution in [0.1, 0.15) is 5.56 Å². The second-order valence-corrected chi connectivity index (χ2v) is 14.4. The van der Waals surface area contributed by atoms with Gasteiger partial charge in [-0.3, -0.25) is 0 Å². The Morgan fingerprint density at radius 2 is 0.879 bits per heavy atom. The minimum atomic E-state index is 0.563. The molecule has 3 aromatic heterocycles. The van der Waals surface area contributed by atoms with Crippen molar-refractivity contribution >= 4 is 43.6 Å². The van der Waals surface area contributed by atoms with Gasteiger partial charge in [0.15, 0.2) is 17.5 Å². The molecule has 0 aliphatic heterocycles. The summed E-state index contributed by atoms with van der Waals surface area (Å²) < 4.78 is 4.73. The molecule has 0 saturated carbocycles. The van der Waals surface area contributed by atoms with E-state index in [1.165, 1.54) is 10.8 Å². The Labute approximate surface area is 334 Å². The van der Waals surface area contributed by atoms with E-state index in [2.05, 4.69) is 130 Å². The topological polar surface area (TPSA) is 72.3 Å². The Morgan fingerprint density at radius 3 is 1.50 bits per heavy atom. The number of nitrogens with zero attached hydrogens (tertiary/aromatic N) is 6. The predicted molar refractivity (Wildman–Crippen MR) is 235 cm³/mol. The van der Waals surface area contributed by atoms with Crippen LogP contribution in [-0.4, -0.2) is 24.1 Å².